The summed E-state index contributed by atoms with van der Waals surface area (Å²) in [5.74, 6) is 0.182. The summed E-state index contributed by atoms with van der Waals surface area (Å²) >= 11 is 7.33. The van der Waals surface area contributed by atoms with Gasteiger partial charge in [-0.3, -0.25) is 4.79 Å². The van der Waals surface area contributed by atoms with Gasteiger partial charge in [0.2, 0.25) is 0 Å². The molecule has 1 aliphatic heterocycles. The average molecular weight is 419 g/mol. The van der Waals surface area contributed by atoms with Gasteiger partial charge in [-0.2, -0.15) is 0 Å². The Morgan fingerprint density at radius 2 is 2.07 bits per heavy atom. The van der Waals surface area contributed by atoms with Crippen LogP contribution >= 0.6 is 22.9 Å². The SMILES string of the molecule is Cc1sc2ncnc(N3CCCCC3)c2c1C(=O)NCc1ccc(F)c(Cl)c1. The Morgan fingerprint density at radius 3 is 2.82 bits per heavy atom. The molecule has 146 valence electrons. The number of carbonyl (C=O) groups is 1. The molecule has 1 aliphatic rings. The van der Waals surface area contributed by atoms with Crippen molar-refractivity contribution in [3.05, 3.63) is 51.4 Å². The molecular weight excluding hydrogens is 399 g/mol. The van der Waals surface area contributed by atoms with E-state index in [-0.39, 0.29) is 17.5 Å². The summed E-state index contributed by atoms with van der Waals surface area (Å²) in [5, 5.41) is 3.79. The highest BCUT2D eigenvalue weighted by atomic mass is 35.5. The van der Waals surface area contributed by atoms with Crippen LogP contribution in [0.25, 0.3) is 10.2 Å². The predicted octanol–water partition coefficient (Wildman–Crippen LogP) is 4.71. The first-order valence-electron chi connectivity index (χ1n) is 9.26. The summed E-state index contributed by atoms with van der Waals surface area (Å²) in [5.41, 5.74) is 1.36. The minimum absolute atomic E-state index is 0.0460. The zero-order chi connectivity index (χ0) is 19.7. The van der Waals surface area contributed by atoms with Gasteiger partial charge in [0.25, 0.3) is 5.91 Å². The van der Waals surface area contributed by atoms with Gasteiger partial charge < -0.3 is 10.2 Å². The molecular formula is C20H20ClFN4OS. The third-order valence-electron chi connectivity index (χ3n) is 4.96. The number of hydrogen-bond donors (Lipinski definition) is 1. The molecule has 3 aromatic rings. The predicted molar refractivity (Wildman–Crippen MR) is 111 cm³/mol. The van der Waals surface area contributed by atoms with Crippen LogP contribution in [-0.4, -0.2) is 29.0 Å². The van der Waals surface area contributed by atoms with Gasteiger partial charge in [0.15, 0.2) is 0 Å². The van der Waals surface area contributed by atoms with Crippen LogP contribution in [0.1, 0.15) is 40.1 Å². The molecule has 1 aromatic carbocycles. The van der Waals surface area contributed by atoms with Gasteiger partial charge in [0.05, 0.1) is 16.0 Å². The number of thiophene rings is 1. The van der Waals surface area contributed by atoms with Crippen LogP contribution in [0.3, 0.4) is 0 Å². The van der Waals surface area contributed by atoms with Crippen molar-refractivity contribution in [1.29, 1.82) is 0 Å². The number of aryl methyl sites for hydroxylation is 1. The van der Waals surface area contributed by atoms with E-state index in [1.807, 2.05) is 6.92 Å². The number of aromatic nitrogens is 2. The molecule has 2 aromatic heterocycles. The molecule has 4 rings (SSSR count). The van der Waals surface area contributed by atoms with E-state index < -0.39 is 5.82 Å². The summed E-state index contributed by atoms with van der Waals surface area (Å²) in [6.07, 6.45) is 5.05. The number of fused-ring (bicyclic) bond motifs is 1. The standard InChI is InChI=1S/C20H20ClFN4OS/c1-12-16(19(27)23-10-13-5-6-15(22)14(21)9-13)17-18(24-11-25-20(17)28-12)26-7-3-2-4-8-26/h5-6,9,11H,2-4,7-8,10H2,1H3,(H,23,27). The van der Waals surface area contributed by atoms with Gasteiger partial charge in [-0.1, -0.05) is 17.7 Å². The second-order valence-corrected chi connectivity index (χ2v) is 8.50. The van der Waals surface area contributed by atoms with Crippen molar-refractivity contribution < 1.29 is 9.18 Å². The van der Waals surface area contributed by atoms with Crippen LogP contribution in [0.5, 0.6) is 0 Å². The lowest BCUT2D eigenvalue weighted by Crippen LogP contribution is -2.31. The third-order valence-corrected chi connectivity index (χ3v) is 6.27. The van der Waals surface area contributed by atoms with Crippen molar-refractivity contribution in [1.82, 2.24) is 15.3 Å². The number of piperidine rings is 1. The van der Waals surface area contributed by atoms with Gasteiger partial charge >= 0.3 is 0 Å². The summed E-state index contributed by atoms with van der Waals surface area (Å²) < 4.78 is 13.3. The lowest BCUT2D eigenvalue weighted by molar-refractivity contribution is 0.0952. The van der Waals surface area contributed by atoms with Gasteiger partial charge in [-0.15, -0.1) is 11.3 Å². The molecule has 0 unspecified atom stereocenters. The van der Waals surface area contributed by atoms with Crippen LogP contribution < -0.4 is 10.2 Å². The Hall–Kier alpha value is -2.25. The molecule has 1 amide bonds. The zero-order valence-electron chi connectivity index (χ0n) is 15.5. The van der Waals surface area contributed by atoms with Crippen molar-refractivity contribution in [2.24, 2.45) is 0 Å². The first kappa shape index (κ1) is 19.1. The molecule has 0 saturated carbocycles. The van der Waals surface area contributed by atoms with Gasteiger partial charge in [0, 0.05) is 24.5 Å². The molecule has 0 spiro atoms. The Balaban J connectivity index is 1.64. The molecule has 0 radical (unpaired) electrons. The van der Waals surface area contributed by atoms with E-state index in [0.29, 0.717) is 5.56 Å². The minimum Gasteiger partial charge on any atom is -0.356 e. The highest BCUT2D eigenvalue weighted by Crippen LogP contribution is 2.35. The van der Waals surface area contributed by atoms with E-state index >= 15 is 0 Å². The largest absolute Gasteiger partial charge is 0.356 e. The monoisotopic (exact) mass is 418 g/mol. The van der Waals surface area contributed by atoms with E-state index in [0.717, 1.165) is 52.4 Å². The second kappa shape index (κ2) is 8.01. The van der Waals surface area contributed by atoms with Crippen LogP contribution in [0.4, 0.5) is 10.2 Å². The zero-order valence-corrected chi connectivity index (χ0v) is 17.0. The number of rotatable bonds is 4. The second-order valence-electron chi connectivity index (χ2n) is 6.89. The maximum Gasteiger partial charge on any atom is 0.253 e. The number of anilines is 1. The fourth-order valence-electron chi connectivity index (χ4n) is 3.57. The average Bonchev–Trinajstić information content (AvgIpc) is 3.05. The molecule has 0 bridgehead atoms. The fourth-order valence-corrected chi connectivity index (χ4v) is 4.75. The van der Waals surface area contributed by atoms with Crippen LogP contribution in [0.2, 0.25) is 5.02 Å². The minimum atomic E-state index is -0.472. The quantitative estimate of drug-likeness (QED) is 0.666. The van der Waals surface area contributed by atoms with Crippen LogP contribution in [0.15, 0.2) is 24.5 Å². The van der Waals surface area contributed by atoms with Crippen LogP contribution in [-0.2, 0) is 6.54 Å². The number of halogens is 2. The summed E-state index contributed by atoms with van der Waals surface area (Å²) in [6.45, 7) is 4.07. The molecule has 28 heavy (non-hydrogen) atoms. The smallest absolute Gasteiger partial charge is 0.253 e. The van der Waals surface area contributed by atoms with E-state index in [4.69, 9.17) is 11.6 Å². The highest BCUT2D eigenvalue weighted by Gasteiger charge is 2.24. The van der Waals surface area contributed by atoms with Crippen molar-refractivity contribution in [3.63, 3.8) is 0 Å². The maximum absolute atomic E-state index is 13.3. The van der Waals surface area contributed by atoms with Crippen molar-refractivity contribution in [3.8, 4) is 0 Å². The number of benzene rings is 1. The normalized spacial score (nSPS) is 14.5. The number of nitrogens with zero attached hydrogens (tertiary/aromatic N) is 3. The van der Waals surface area contributed by atoms with E-state index in [2.05, 4.69) is 20.2 Å². The van der Waals surface area contributed by atoms with Gasteiger partial charge in [-0.25, -0.2) is 14.4 Å². The van der Waals surface area contributed by atoms with Gasteiger partial charge in [0.1, 0.15) is 22.8 Å². The molecule has 0 atom stereocenters. The number of amides is 1. The first-order chi connectivity index (χ1) is 13.5. The molecule has 1 N–H and O–H groups in total. The molecule has 0 aliphatic carbocycles. The lowest BCUT2D eigenvalue weighted by atomic mass is 10.1. The molecule has 8 heteroatoms. The van der Waals surface area contributed by atoms with E-state index in [1.54, 1.807) is 12.4 Å². The van der Waals surface area contributed by atoms with E-state index in [1.165, 1.54) is 29.9 Å². The highest BCUT2D eigenvalue weighted by molar-refractivity contribution is 7.19. The maximum atomic E-state index is 13.3. The Bertz CT molecular complexity index is 1030. The topological polar surface area (TPSA) is 58.1 Å². The van der Waals surface area contributed by atoms with Crippen molar-refractivity contribution in [2.75, 3.05) is 18.0 Å². The summed E-state index contributed by atoms with van der Waals surface area (Å²) in [6, 6.07) is 4.44. The summed E-state index contributed by atoms with van der Waals surface area (Å²) in [7, 11) is 0. The van der Waals surface area contributed by atoms with Crippen LogP contribution in [0, 0.1) is 12.7 Å². The first-order valence-corrected chi connectivity index (χ1v) is 10.4. The lowest BCUT2D eigenvalue weighted by Gasteiger charge is -2.28. The third kappa shape index (κ3) is 3.69. The Labute approximate surface area is 171 Å². The fraction of sp³-hybridized carbons (Fsp3) is 0.350. The Kier molecular flexibility index (Phi) is 5.46. The number of hydrogen-bond acceptors (Lipinski definition) is 5. The molecule has 1 fully saturated rings. The molecule has 5 nitrogen and oxygen atoms in total. The molecule has 1 saturated heterocycles. The van der Waals surface area contributed by atoms with Gasteiger partial charge in [-0.05, 0) is 43.9 Å². The molecule has 3 heterocycles. The van der Waals surface area contributed by atoms with Crippen molar-refractivity contribution >= 4 is 44.9 Å². The summed E-state index contributed by atoms with van der Waals surface area (Å²) in [4.78, 5) is 25.9. The Morgan fingerprint density at radius 1 is 1.29 bits per heavy atom. The van der Waals surface area contributed by atoms with Crippen molar-refractivity contribution in [2.45, 2.75) is 32.7 Å². The number of carbonyl (C=O) groups excluding carboxylic acids is 1. The number of nitrogens with one attached hydrogen (secondary N) is 1. The van der Waals surface area contributed by atoms with E-state index in [9.17, 15) is 9.18 Å².